The van der Waals surface area contributed by atoms with E-state index in [1.807, 2.05) is 47.0 Å². The zero-order chi connectivity index (χ0) is 32.8. The summed E-state index contributed by atoms with van der Waals surface area (Å²) in [6.07, 6.45) is 5.69. The van der Waals surface area contributed by atoms with Crippen LogP contribution in [0.2, 0.25) is 0 Å². The molecule has 0 aliphatic heterocycles. The smallest absolute Gasteiger partial charge is 0.272 e. The van der Waals surface area contributed by atoms with Crippen LogP contribution in [0.15, 0.2) is 108 Å². The van der Waals surface area contributed by atoms with Gasteiger partial charge in [-0.05, 0) is 85.9 Å². The van der Waals surface area contributed by atoms with Crippen LogP contribution < -0.4 is 20.1 Å². The predicted molar refractivity (Wildman–Crippen MR) is 186 cm³/mol. The summed E-state index contributed by atoms with van der Waals surface area (Å²) in [5.41, 5.74) is 4.94. The second-order valence-corrected chi connectivity index (χ2v) is 12.2. The van der Waals surface area contributed by atoms with Gasteiger partial charge in [0.2, 0.25) is 5.91 Å². The maximum atomic E-state index is 13.7. The van der Waals surface area contributed by atoms with Crippen molar-refractivity contribution in [2.24, 2.45) is 0 Å². The third kappa shape index (κ3) is 7.10. The molecule has 4 aromatic carbocycles. The highest BCUT2D eigenvalue weighted by Gasteiger charge is 2.23. The Bertz CT molecular complexity index is 1980. The molecule has 0 spiro atoms. The van der Waals surface area contributed by atoms with Crippen molar-refractivity contribution in [2.45, 2.75) is 30.6 Å². The van der Waals surface area contributed by atoms with Gasteiger partial charge in [0.25, 0.3) is 11.8 Å². The van der Waals surface area contributed by atoms with E-state index in [1.54, 1.807) is 61.7 Å². The minimum Gasteiger partial charge on any atom is -0.497 e. The average molecular weight is 646 g/mol. The Balaban J connectivity index is 1.21. The number of aryl methyl sites for hydroxylation is 1. The molecule has 0 fully saturated rings. The molecular formula is C38H35N3O5S. The maximum Gasteiger partial charge on any atom is 0.272 e. The van der Waals surface area contributed by atoms with E-state index in [1.165, 1.54) is 29.8 Å². The lowest BCUT2D eigenvalue weighted by atomic mass is 9.96. The van der Waals surface area contributed by atoms with Gasteiger partial charge in [0, 0.05) is 38.9 Å². The number of anilines is 1. The van der Waals surface area contributed by atoms with Gasteiger partial charge in [0.05, 0.1) is 25.5 Å². The van der Waals surface area contributed by atoms with Crippen LogP contribution in [0.4, 0.5) is 5.69 Å². The van der Waals surface area contributed by atoms with Crippen molar-refractivity contribution in [3.63, 3.8) is 0 Å². The molecular weight excluding hydrogens is 611 g/mol. The molecule has 0 atom stereocenters. The van der Waals surface area contributed by atoms with E-state index in [2.05, 4.69) is 16.7 Å². The van der Waals surface area contributed by atoms with Gasteiger partial charge in [-0.3, -0.25) is 19.0 Å². The number of amides is 2. The number of ether oxygens (including phenoxy) is 2. The Morgan fingerprint density at radius 2 is 1.64 bits per heavy atom. The predicted octanol–water partition coefficient (Wildman–Crippen LogP) is 7.38. The minimum absolute atomic E-state index is 0.0276. The van der Waals surface area contributed by atoms with E-state index >= 15 is 0 Å². The maximum absolute atomic E-state index is 13.7. The van der Waals surface area contributed by atoms with Crippen LogP contribution in [0.1, 0.15) is 44.8 Å². The van der Waals surface area contributed by atoms with Crippen molar-refractivity contribution < 1.29 is 23.9 Å². The van der Waals surface area contributed by atoms with E-state index in [4.69, 9.17) is 9.47 Å². The molecule has 6 rings (SSSR count). The van der Waals surface area contributed by atoms with Gasteiger partial charge in [0.15, 0.2) is 0 Å². The van der Waals surface area contributed by atoms with Crippen LogP contribution in [0.3, 0.4) is 0 Å². The Kier molecular flexibility index (Phi) is 9.73. The van der Waals surface area contributed by atoms with Crippen molar-refractivity contribution in [3.05, 3.63) is 125 Å². The summed E-state index contributed by atoms with van der Waals surface area (Å²) < 4.78 is 12.7. The van der Waals surface area contributed by atoms with E-state index < -0.39 is 11.8 Å². The molecule has 1 aromatic heterocycles. The molecule has 0 radical (unpaired) electrons. The van der Waals surface area contributed by atoms with Gasteiger partial charge in [-0.25, -0.2) is 0 Å². The van der Waals surface area contributed by atoms with Gasteiger partial charge in [0.1, 0.15) is 17.2 Å². The lowest BCUT2D eigenvalue weighted by Gasteiger charge is -2.15. The molecule has 2 N–H and O–H groups in total. The van der Waals surface area contributed by atoms with Gasteiger partial charge in [-0.15, -0.1) is 11.8 Å². The summed E-state index contributed by atoms with van der Waals surface area (Å²) in [5, 5.41) is 6.84. The van der Waals surface area contributed by atoms with Crippen LogP contribution in [0.5, 0.6) is 11.5 Å². The Labute approximate surface area is 277 Å². The summed E-state index contributed by atoms with van der Waals surface area (Å²) in [5.74, 6) is 0.404. The Hall–Kier alpha value is -5.28. The van der Waals surface area contributed by atoms with Gasteiger partial charge in [-0.2, -0.15) is 0 Å². The number of para-hydroxylation sites is 1. The van der Waals surface area contributed by atoms with Crippen molar-refractivity contribution in [2.75, 3.05) is 25.3 Å². The topological polar surface area (TPSA) is 98.7 Å². The normalized spacial score (nSPS) is 12.7. The largest absolute Gasteiger partial charge is 0.497 e. The third-order valence-corrected chi connectivity index (χ3v) is 9.13. The van der Waals surface area contributed by atoms with Crippen molar-refractivity contribution in [1.29, 1.82) is 0 Å². The fourth-order valence-corrected chi connectivity index (χ4v) is 6.69. The number of rotatable bonds is 10. The molecule has 9 heteroatoms. The highest BCUT2D eigenvalue weighted by Crippen LogP contribution is 2.33. The molecule has 8 nitrogen and oxygen atoms in total. The van der Waals surface area contributed by atoms with Crippen molar-refractivity contribution >= 4 is 52.1 Å². The lowest BCUT2D eigenvalue weighted by Crippen LogP contribution is -2.30. The second kappa shape index (κ2) is 14.4. The first-order valence-electron chi connectivity index (χ1n) is 15.4. The highest BCUT2D eigenvalue weighted by molar-refractivity contribution is 8.00. The van der Waals surface area contributed by atoms with Crippen LogP contribution >= 0.6 is 11.8 Å². The number of aromatic nitrogens is 1. The van der Waals surface area contributed by atoms with E-state index in [0.29, 0.717) is 28.3 Å². The Morgan fingerprint density at radius 3 is 2.45 bits per heavy atom. The Morgan fingerprint density at radius 1 is 0.851 bits per heavy atom. The van der Waals surface area contributed by atoms with Gasteiger partial charge >= 0.3 is 0 Å². The minimum atomic E-state index is -0.518. The highest BCUT2D eigenvalue weighted by atomic mass is 32.2. The number of nitrogens with zero attached hydrogens (tertiary/aromatic N) is 1. The quantitative estimate of drug-likeness (QED) is 0.122. The number of hydrogen-bond acceptors (Lipinski definition) is 6. The number of carbonyl (C=O) groups excluding carboxylic acids is 3. The first kappa shape index (κ1) is 31.7. The van der Waals surface area contributed by atoms with E-state index in [9.17, 15) is 14.4 Å². The monoisotopic (exact) mass is 645 g/mol. The molecule has 1 heterocycles. The summed E-state index contributed by atoms with van der Waals surface area (Å²) in [6.45, 7) is 0. The molecule has 1 aliphatic carbocycles. The number of carbonyl (C=O) groups is 3. The van der Waals surface area contributed by atoms with Crippen LogP contribution in [-0.2, 0) is 17.6 Å². The fraction of sp³-hybridized carbons (Fsp3) is 0.184. The van der Waals surface area contributed by atoms with E-state index in [-0.39, 0.29) is 17.4 Å². The second-order valence-electron chi connectivity index (χ2n) is 11.1. The number of fused-ring (bicyclic) bond motifs is 3. The lowest BCUT2D eigenvalue weighted by molar-refractivity contribution is -0.113. The summed E-state index contributed by atoms with van der Waals surface area (Å²) in [4.78, 5) is 41.2. The average Bonchev–Trinajstić information content (AvgIpc) is 3.45. The molecule has 0 bridgehead atoms. The molecule has 1 aliphatic rings. The zero-order valence-corrected chi connectivity index (χ0v) is 27.1. The summed E-state index contributed by atoms with van der Waals surface area (Å²) in [7, 11) is 3.08. The third-order valence-electron chi connectivity index (χ3n) is 8.15. The molecule has 0 saturated heterocycles. The van der Waals surface area contributed by atoms with Gasteiger partial charge < -0.3 is 20.1 Å². The van der Waals surface area contributed by atoms with Crippen LogP contribution in [0, 0.1) is 0 Å². The molecule has 2 amide bonds. The standard InChI is InChI=1S/C38H35N3O5S/c1-45-28-20-19-26(35(23-28)46-2)21-32(40-37(43)25-11-4-3-5-12-25)38(44)39-27-13-10-14-29(22-27)47-24-36(42)41-33-17-8-6-15-30(33)31-16-7-9-18-34(31)41/h3-6,8,10-15,17,19-23H,7,9,16,18,24H2,1-2H3,(H,39,44)(H,40,43)/b32-21-. The van der Waals surface area contributed by atoms with E-state index in [0.717, 1.165) is 41.8 Å². The summed E-state index contributed by atoms with van der Waals surface area (Å²) >= 11 is 1.42. The molecule has 47 heavy (non-hydrogen) atoms. The molecule has 0 saturated carbocycles. The number of thioether (sulfide) groups is 1. The van der Waals surface area contributed by atoms with Crippen molar-refractivity contribution in [1.82, 2.24) is 9.88 Å². The zero-order valence-electron chi connectivity index (χ0n) is 26.2. The fourth-order valence-electron chi connectivity index (χ4n) is 5.89. The first-order chi connectivity index (χ1) is 22.9. The number of nitrogens with one attached hydrogen (secondary N) is 2. The number of hydrogen-bond donors (Lipinski definition) is 2. The SMILES string of the molecule is COc1ccc(/C=C(\NC(=O)c2ccccc2)C(=O)Nc2cccc(SCC(=O)n3c4c(c5ccccc53)CCCC4)c2)c(OC)c1. The van der Waals surface area contributed by atoms with Crippen LogP contribution in [-0.4, -0.2) is 42.3 Å². The number of benzene rings is 4. The molecule has 5 aromatic rings. The molecule has 238 valence electrons. The number of methoxy groups -OCH3 is 2. The first-order valence-corrected chi connectivity index (χ1v) is 16.4. The molecule has 0 unspecified atom stereocenters. The van der Waals surface area contributed by atoms with Crippen molar-refractivity contribution in [3.8, 4) is 11.5 Å². The van der Waals surface area contributed by atoms with Crippen LogP contribution in [0.25, 0.3) is 17.0 Å². The summed E-state index contributed by atoms with van der Waals surface area (Å²) in [6, 6.07) is 29.3. The van der Waals surface area contributed by atoms with Gasteiger partial charge in [-0.1, -0.05) is 42.5 Å².